The van der Waals surface area contributed by atoms with Gasteiger partial charge < -0.3 is 15.6 Å². The first kappa shape index (κ1) is 14.1. The molecule has 0 saturated heterocycles. The van der Waals surface area contributed by atoms with Gasteiger partial charge in [0.2, 0.25) is 11.8 Å². The minimum Gasteiger partial charge on any atom is -0.389 e. The van der Waals surface area contributed by atoms with Crippen LogP contribution in [0.2, 0.25) is 0 Å². The van der Waals surface area contributed by atoms with Crippen LogP contribution < -0.4 is 11.1 Å². The molecule has 0 aliphatic heterocycles. The Morgan fingerprint density at radius 2 is 2.10 bits per heavy atom. The van der Waals surface area contributed by atoms with Gasteiger partial charge in [0.1, 0.15) is 4.99 Å². The first-order chi connectivity index (χ1) is 9.54. The lowest BCUT2D eigenvalue weighted by Crippen LogP contribution is -2.25. The highest BCUT2D eigenvalue weighted by Crippen LogP contribution is 2.05. The summed E-state index contributed by atoms with van der Waals surface area (Å²) in [4.78, 5) is 16.1. The number of benzene rings is 1. The third kappa shape index (κ3) is 3.86. The average Bonchev–Trinajstić information content (AvgIpc) is 2.83. The van der Waals surface area contributed by atoms with Gasteiger partial charge in [-0.05, 0) is 5.56 Å². The van der Waals surface area contributed by atoms with Crippen molar-refractivity contribution in [2.45, 2.75) is 19.9 Å². The second-order valence-corrected chi connectivity index (χ2v) is 4.68. The number of hydrogen-bond acceptors (Lipinski definition) is 5. The van der Waals surface area contributed by atoms with Crippen LogP contribution in [-0.4, -0.2) is 21.0 Å². The van der Waals surface area contributed by atoms with Crippen molar-refractivity contribution in [2.75, 3.05) is 0 Å². The van der Waals surface area contributed by atoms with Gasteiger partial charge in [0.25, 0.3) is 0 Å². The molecule has 0 unspecified atom stereocenters. The molecule has 6 nitrogen and oxygen atoms in total. The van der Waals surface area contributed by atoms with Crippen molar-refractivity contribution in [1.82, 2.24) is 15.5 Å². The Hall–Kier alpha value is -2.28. The third-order valence-electron chi connectivity index (χ3n) is 2.62. The number of amides is 1. The number of hydrogen-bond donors (Lipinski definition) is 2. The molecule has 1 amide bonds. The van der Waals surface area contributed by atoms with Gasteiger partial charge in [-0.2, -0.15) is 4.98 Å². The molecule has 0 saturated carbocycles. The zero-order chi connectivity index (χ0) is 14.5. The zero-order valence-electron chi connectivity index (χ0n) is 10.9. The Balaban J connectivity index is 1.86. The lowest BCUT2D eigenvalue weighted by atomic mass is 10.1. The van der Waals surface area contributed by atoms with E-state index in [0.717, 1.165) is 11.1 Å². The van der Waals surface area contributed by atoms with Crippen molar-refractivity contribution in [2.24, 2.45) is 5.73 Å². The summed E-state index contributed by atoms with van der Waals surface area (Å²) < 4.78 is 4.81. The summed E-state index contributed by atoms with van der Waals surface area (Å²) in [6.07, 6.45) is 0.272. The highest BCUT2D eigenvalue weighted by atomic mass is 32.1. The SMILES string of the molecule is Cc1nc(CNC(=O)Cc2ccc(C(N)=S)cc2)no1. The van der Waals surface area contributed by atoms with Crippen molar-refractivity contribution < 1.29 is 9.32 Å². The monoisotopic (exact) mass is 290 g/mol. The summed E-state index contributed by atoms with van der Waals surface area (Å²) in [5.74, 6) is 0.817. The number of nitrogens with two attached hydrogens (primary N) is 1. The summed E-state index contributed by atoms with van der Waals surface area (Å²) in [7, 11) is 0. The summed E-state index contributed by atoms with van der Waals surface area (Å²) >= 11 is 4.87. The van der Waals surface area contributed by atoms with Crippen molar-refractivity contribution in [1.29, 1.82) is 0 Å². The predicted molar refractivity (Wildman–Crippen MR) is 76.9 cm³/mol. The molecule has 0 atom stereocenters. The fourth-order valence-corrected chi connectivity index (χ4v) is 1.76. The van der Waals surface area contributed by atoms with E-state index in [2.05, 4.69) is 15.5 Å². The number of thiocarbonyl (C=S) groups is 1. The maximum atomic E-state index is 11.8. The van der Waals surface area contributed by atoms with Gasteiger partial charge in [-0.15, -0.1) is 0 Å². The molecular weight excluding hydrogens is 276 g/mol. The van der Waals surface area contributed by atoms with Crippen LogP contribution >= 0.6 is 12.2 Å². The van der Waals surface area contributed by atoms with E-state index in [1.807, 2.05) is 12.1 Å². The van der Waals surface area contributed by atoms with Crippen LogP contribution in [0, 0.1) is 6.92 Å². The zero-order valence-corrected chi connectivity index (χ0v) is 11.7. The highest BCUT2D eigenvalue weighted by molar-refractivity contribution is 7.80. The van der Waals surface area contributed by atoms with Crippen LogP contribution in [-0.2, 0) is 17.8 Å². The number of aromatic nitrogens is 2. The molecule has 7 heteroatoms. The molecule has 0 spiro atoms. The fourth-order valence-electron chi connectivity index (χ4n) is 1.63. The second kappa shape index (κ2) is 6.25. The molecule has 3 N–H and O–H groups in total. The van der Waals surface area contributed by atoms with Crippen LogP contribution in [0.3, 0.4) is 0 Å². The normalized spacial score (nSPS) is 10.2. The highest BCUT2D eigenvalue weighted by Gasteiger charge is 2.07. The molecule has 0 aliphatic rings. The van der Waals surface area contributed by atoms with Crippen molar-refractivity contribution in [3.8, 4) is 0 Å². The number of carbonyl (C=O) groups excluding carboxylic acids is 1. The Bertz CT molecular complexity index is 622. The Morgan fingerprint density at radius 3 is 2.65 bits per heavy atom. The fraction of sp³-hybridized carbons (Fsp3) is 0.231. The third-order valence-corrected chi connectivity index (χ3v) is 2.85. The Labute approximate surface area is 121 Å². The molecule has 2 rings (SSSR count). The molecule has 0 fully saturated rings. The Morgan fingerprint density at radius 1 is 1.40 bits per heavy atom. The van der Waals surface area contributed by atoms with Gasteiger partial charge in [-0.1, -0.05) is 41.6 Å². The Kier molecular flexibility index (Phi) is 4.41. The van der Waals surface area contributed by atoms with E-state index in [-0.39, 0.29) is 18.9 Å². The van der Waals surface area contributed by atoms with Gasteiger partial charge in [-0.3, -0.25) is 4.79 Å². The molecule has 0 radical (unpaired) electrons. The minimum absolute atomic E-state index is 0.115. The van der Waals surface area contributed by atoms with E-state index in [9.17, 15) is 4.79 Å². The maximum absolute atomic E-state index is 11.8. The lowest BCUT2D eigenvalue weighted by Gasteiger charge is -2.04. The molecule has 1 aromatic heterocycles. The minimum atomic E-state index is -0.115. The van der Waals surface area contributed by atoms with Crippen molar-refractivity contribution >= 4 is 23.1 Å². The maximum Gasteiger partial charge on any atom is 0.224 e. The number of rotatable bonds is 5. The van der Waals surface area contributed by atoms with Gasteiger partial charge in [0.05, 0.1) is 13.0 Å². The topological polar surface area (TPSA) is 94.0 Å². The first-order valence-corrected chi connectivity index (χ1v) is 6.40. The first-order valence-electron chi connectivity index (χ1n) is 5.99. The number of nitrogens with zero attached hydrogens (tertiary/aromatic N) is 2. The van der Waals surface area contributed by atoms with E-state index in [4.69, 9.17) is 22.5 Å². The van der Waals surface area contributed by atoms with Crippen LogP contribution in [0.1, 0.15) is 22.8 Å². The standard InChI is InChI=1S/C13H14N4O2S/c1-8-16-11(17-19-8)7-15-12(18)6-9-2-4-10(5-3-9)13(14)20/h2-5H,6-7H2,1H3,(H2,14,20)(H,15,18). The smallest absolute Gasteiger partial charge is 0.224 e. The summed E-state index contributed by atoms with van der Waals surface area (Å²) in [5.41, 5.74) is 7.17. The molecule has 1 aromatic carbocycles. The van der Waals surface area contributed by atoms with Gasteiger partial charge in [-0.25, -0.2) is 0 Å². The van der Waals surface area contributed by atoms with Gasteiger partial charge in [0, 0.05) is 12.5 Å². The van der Waals surface area contributed by atoms with Crippen LogP contribution in [0.4, 0.5) is 0 Å². The molecule has 104 valence electrons. The summed E-state index contributed by atoms with van der Waals surface area (Å²) in [5, 5.41) is 6.42. The molecular formula is C13H14N4O2S. The largest absolute Gasteiger partial charge is 0.389 e. The van der Waals surface area contributed by atoms with E-state index >= 15 is 0 Å². The van der Waals surface area contributed by atoms with Gasteiger partial charge in [0.15, 0.2) is 5.82 Å². The second-order valence-electron chi connectivity index (χ2n) is 4.24. The van der Waals surface area contributed by atoms with E-state index in [0.29, 0.717) is 16.7 Å². The van der Waals surface area contributed by atoms with Crippen LogP contribution in [0.5, 0.6) is 0 Å². The van der Waals surface area contributed by atoms with Crippen LogP contribution in [0.15, 0.2) is 28.8 Å². The van der Waals surface area contributed by atoms with Crippen LogP contribution in [0.25, 0.3) is 0 Å². The van der Waals surface area contributed by atoms with Gasteiger partial charge >= 0.3 is 0 Å². The number of aryl methyl sites for hydroxylation is 1. The molecule has 2 aromatic rings. The molecule has 20 heavy (non-hydrogen) atoms. The lowest BCUT2D eigenvalue weighted by molar-refractivity contribution is -0.120. The molecule has 1 heterocycles. The van der Waals surface area contributed by atoms with E-state index in [1.54, 1.807) is 19.1 Å². The summed E-state index contributed by atoms with van der Waals surface area (Å²) in [6.45, 7) is 1.95. The van der Waals surface area contributed by atoms with Crippen molar-refractivity contribution in [3.63, 3.8) is 0 Å². The number of carbonyl (C=O) groups is 1. The van der Waals surface area contributed by atoms with Crippen molar-refractivity contribution in [3.05, 3.63) is 47.1 Å². The van der Waals surface area contributed by atoms with E-state index < -0.39 is 0 Å². The van der Waals surface area contributed by atoms with E-state index in [1.165, 1.54) is 0 Å². The molecule has 0 bridgehead atoms. The summed E-state index contributed by atoms with van der Waals surface area (Å²) in [6, 6.07) is 7.25. The predicted octanol–water partition coefficient (Wildman–Crippen LogP) is 0.871. The number of nitrogens with one attached hydrogen (secondary N) is 1. The molecule has 0 aliphatic carbocycles. The quantitative estimate of drug-likeness (QED) is 0.794. The average molecular weight is 290 g/mol.